The van der Waals surface area contributed by atoms with Crippen LogP contribution in [-0.4, -0.2) is 0 Å². The first-order chi connectivity index (χ1) is 10.3. The quantitative estimate of drug-likeness (QED) is 0.243. The van der Waals surface area contributed by atoms with Gasteiger partial charge in [-0.3, -0.25) is 0 Å². The monoisotopic (exact) mass is 270 g/mol. The molecule has 0 saturated heterocycles. The number of hydrogen-bond donors (Lipinski definition) is 0. The van der Waals surface area contributed by atoms with E-state index in [2.05, 4.69) is 42.5 Å². The van der Waals surface area contributed by atoms with Crippen LogP contribution in [0, 0.1) is 5.82 Å². The highest BCUT2D eigenvalue weighted by atomic mass is 19.1. The van der Waals surface area contributed by atoms with Gasteiger partial charge in [-0.1, -0.05) is 54.6 Å². The van der Waals surface area contributed by atoms with Crippen LogP contribution in [0.4, 0.5) is 4.39 Å². The van der Waals surface area contributed by atoms with Gasteiger partial charge in [0.05, 0.1) is 0 Å². The largest absolute Gasteiger partial charge is 0.206 e. The Kier molecular flexibility index (Phi) is 1.95. The summed E-state index contributed by atoms with van der Waals surface area (Å²) in [5.41, 5.74) is 0. The van der Waals surface area contributed by atoms with Crippen LogP contribution >= 0.6 is 0 Å². The molecule has 0 amide bonds. The first-order valence-electron chi connectivity index (χ1n) is 7.08. The fourth-order valence-electron chi connectivity index (χ4n) is 3.52. The Morgan fingerprint density at radius 3 is 2.19 bits per heavy atom. The molecule has 0 heterocycles. The summed E-state index contributed by atoms with van der Waals surface area (Å²) in [7, 11) is 0. The van der Waals surface area contributed by atoms with Gasteiger partial charge in [-0.15, -0.1) is 0 Å². The third-order valence-electron chi connectivity index (χ3n) is 4.45. The Morgan fingerprint density at radius 1 is 0.524 bits per heavy atom. The minimum absolute atomic E-state index is 0.148. The van der Waals surface area contributed by atoms with Crippen LogP contribution in [0.3, 0.4) is 0 Å². The van der Waals surface area contributed by atoms with Crippen molar-refractivity contribution in [3.63, 3.8) is 0 Å². The molecule has 0 aliphatic heterocycles. The number of fused-ring (bicyclic) bond motifs is 2. The fourth-order valence-corrected chi connectivity index (χ4v) is 3.52. The molecule has 0 N–H and O–H groups in total. The van der Waals surface area contributed by atoms with Crippen LogP contribution in [-0.2, 0) is 0 Å². The maximum atomic E-state index is 14.1. The maximum Gasteiger partial charge on any atom is 0.131 e. The molecule has 0 nitrogen and oxygen atoms in total. The van der Waals surface area contributed by atoms with Crippen molar-refractivity contribution < 1.29 is 4.39 Å². The molecule has 0 bridgehead atoms. The van der Waals surface area contributed by atoms with Crippen LogP contribution in [0.25, 0.3) is 43.1 Å². The third-order valence-corrected chi connectivity index (χ3v) is 4.45. The number of hydrogen-bond acceptors (Lipinski definition) is 0. The lowest BCUT2D eigenvalue weighted by molar-refractivity contribution is 0.640. The predicted octanol–water partition coefficient (Wildman–Crippen LogP) is 5.88. The molecule has 0 radical (unpaired) electrons. The van der Waals surface area contributed by atoms with Crippen LogP contribution in [0.15, 0.2) is 66.7 Å². The van der Waals surface area contributed by atoms with E-state index in [0.29, 0.717) is 5.39 Å². The molecule has 0 unspecified atom stereocenters. The normalized spacial score (nSPS) is 12.0. The van der Waals surface area contributed by atoms with Crippen LogP contribution in [0.1, 0.15) is 0 Å². The molecule has 1 heteroatoms. The Bertz CT molecular complexity index is 1140. The summed E-state index contributed by atoms with van der Waals surface area (Å²) < 4.78 is 14.1. The average Bonchev–Trinajstić information content (AvgIpc) is 2.53. The van der Waals surface area contributed by atoms with Crippen molar-refractivity contribution >= 4 is 43.1 Å². The molecule has 5 aromatic carbocycles. The van der Waals surface area contributed by atoms with Gasteiger partial charge in [-0.05, 0) is 44.5 Å². The molecular formula is C20H11F. The first-order valence-corrected chi connectivity index (χ1v) is 7.08. The minimum Gasteiger partial charge on any atom is -0.206 e. The SMILES string of the molecule is Fc1ccc2ccc3c4ccccc4cc4ccc1c2c43. The maximum absolute atomic E-state index is 14.1. The average molecular weight is 270 g/mol. The fraction of sp³-hybridized carbons (Fsp3) is 0. The molecular weight excluding hydrogens is 259 g/mol. The van der Waals surface area contributed by atoms with Gasteiger partial charge in [0.2, 0.25) is 0 Å². The molecule has 98 valence electrons. The van der Waals surface area contributed by atoms with Gasteiger partial charge in [-0.25, -0.2) is 4.39 Å². The number of benzene rings is 5. The zero-order chi connectivity index (χ0) is 14.0. The van der Waals surface area contributed by atoms with E-state index >= 15 is 0 Å². The lowest BCUT2D eigenvalue weighted by Gasteiger charge is -2.13. The van der Waals surface area contributed by atoms with E-state index in [1.807, 2.05) is 18.2 Å². The smallest absolute Gasteiger partial charge is 0.131 e. The van der Waals surface area contributed by atoms with E-state index in [1.165, 1.54) is 26.9 Å². The lowest BCUT2D eigenvalue weighted by Crippen LogP contribution is -1.87. The molecule has 5 rings (SSSR count). The highest BCUT2D eigenvalue weighted by molar-refractivity contribution is 6.28. The van der Waals surface area contributed by atoms with Crippen molar-refractivity contribution in [2.75, 3.05) is 0 Å². The second kappa shape index (κ2) is 3.70. The molecule has 0 saturated carbocycles. The summed E-state index contributed by atoms with van der Waals surface area (Å²) in [6.45, 7) is 0. The van der Waals surface area contributed by atoms with Crippen LogP contribution in [0.2, 0.25) is 0 Å². The van der Waals surface area contributed by atoms with Gasteiger partial charge in [0.15, 0.2) is 0 Å². The van der Waals surface area contributed by atoms with E-state index in [0.717, 1.165) is 10.8 Å². The van der Waals surface area contributed by atoms with Crippen LogP contribution in [0.5, 0.6) is 0 Å². The van der Waals surface area contributed by atoms with Gasteiger partial charge in [0, 0.05) is 10.8 Å². The van der Waals surface area contributed by atoms with Crippen LogP contribution < -0.4 is 0 Å². The van der Waals surface area contributed by atoms with Gasteiger partial charge >= 0.3 is 0 Å². The second-order valence-electron chi connectivity index (χ2n) is 5.57. The van der Waals surface area contributed by atoms with Gasteiger partial charge < -0.3 is 0 Å². The van der Waals surface area contributed by atoms with Crippen molar-refractivity contribution in [3.05, 3.63) is 72.5 Å². The number of halogens is 1. The van der Waals surface area contributed by atoms with E-state index < -0.39 is 0 Å². The Hall–Kier alpha value is -2.67. The topological polar surface area (TPSA) is 0 Å². The molecule has 0 aliphatic carbocycles. The van der Waals surface area contributed by atoms with E-state index in [9.17, 15) is 4.39 Å². The second-order valence-corrected chi connectivity index (χ2v) is 5.57. The molecule has 0 aliphatic rings. The van der Waals surface area contributed by atoms with E-state index in [-0.39, 0.29) is 5.82 Å². The van der Waals surface area contributed by atoms with E-state index in [4.69, 9.17) is 0 Å². The van der Waals surface area contributed by atoms with Crippen molar-refractivity contribution in [1.82, 2.24) is 0 Å². The van der Waals surface area contributed by atoms with Crippen molar-refractivity contribution in [2.24, 2.45) is 0 Å². The predicted molar refractivity (Wildman–Crippen MR) is 87.6 cm³/mol. The molecule has 0 aromatic heterocycles. The molecule has 0 fully saturated rings. The molecule has 5 aromatic rings. The summed E-state index contributed by atoms with van der Waals surface area (Å²) in [4.78, 5) is 0. The number of rotatable bonds is 0. The standard InChI is InChI=1S/C20H11F/c21-18-10-7-12-5-8-16-15-4-2-1-3-13(15)11-14-6-9-17(18)19(12)20(14)16/h1-11H. The summed E-state index contributed by atoms with van der Waals surface area (Å²) >= 11 is 0. The molecule has 21 heavy (non-hydrogen) atoms. The minimum atomic E-state index is -0.148. The zero-order valence-electron chi connectivity index (χ0n) is 11.2. The summed E-state index contributed by atoms with van der Waals surface area (Å²) in [5, 5.41) is 8.84. The van der Waals surface area contributed by atoms with E-state index in [1.54, 1.807) is 6.07 Å². The van der Waals surface area contributed by atoms with Gasteiger partial charge in [-0.2, -0.15) is 0 Å². The Balaban J connectivity index is 2.21. The highest BCUT2D eigenvalue weighted by Gasteiger charge is 2.12. The summed E-state index contributed by atoms with van der Waals surface area (Å²) in [6, 6.07) is 22.2. The Morgan fingerprint density at radius 2 is 1.24 bits per heavy atom. The molecule has 0 atom stereocenters. The third kappa shape index (κ3) is 1.33. The molecule has 0 spiro atoms. The summed E-state index contributed by atoms with van der Waals surface area (Å²) in [5.74, 6) is -0.148. The summed E-state index contributed by atoms with van der Waals surface area (Å²) in [6.07, 6.45) is 0. The van der Waals surface area contributed by atoms with Gasteiger partial charge in [0.1, 0.15) is 5.82 Å². The van der Waals surface area contributed by atoms with Crippen molar-refractivity contribution in [2.45, 2.75) is 0 Å². The van der Waals surface area contributed by atoms with Crippen molar-refractivity contribution in [1.29, 1.82) is 0 Å². The lowest BCUT2D eigenvalue weighted by atomic mass is 9.91. The van der Waals surface area contributed by atoms with Gasteiger partial charge in [0.25, 0.3) is 0 Å². The zero-order valence-corrected chi connectivity index (χ0v) is 11.2. The highest BCUT2D eigenvalue weighted by Crippen LogP contribution is 2.38. The Labute approximate surface area is 120 Å². The van der Waals surface area contributed by atoms with Crippen molar-refractivity contribution in [3.8, 4) is 0 Å². The first kappa shape index (κ1) is 11.0.